The second-order valence-corrected chi connectivity index (χ2v) is 21.7. The van der Waals surface area contributed by atoms with Gasteiger partial charge in [0.25, 0.3) is 0 Å². The van der Waals surface area contributed by atoms with Gasteiger partial charge in [-0.1, -0.05) is 62.8 Å². The van der Waals surface area contributed by atoms with Crippen LogP contribution in [-0.2, 0) is 0 Å². The molecule has 3 aromatic heterocycles. The number of nitrogens with zero attached hydrogens (tertiary/aromatic N) is 2. The molecule has 0 spiro atoms. The first-order valence-electron chi connectivity index (χ1n) is 7.69. The molecule has 122 valence electrons. The van der Waals surface area contributed by atoms with Crippen LogP contribution < -0.4 is 9.00 Å². The van der Waals surface area contributed by atoms with E-state index in [0.29, 0.717) is 0 Å². The second-order valence-electron chi connectivity index (χ2n) is 7.74. The van der Waals surface area contributed by atoms with E-state index in [0.717, 1.165) is 10.0 Å². The third-order valence-electron chi connectivity index (χ3n) is 3.54. The zero-order chi connectivity index (χ0) is 16.8. The Morgan fingerprint density at radius 3 is 1.30 bits per heavy atom. The summed E-state index contributed by atoms with van der Waals surface area (Å²) in [6, 6.07) is 8.98. The van der Waals surface area contributed by atoms with Gasteiger partial charge in [0.1, 0.15) is 0 Å². The standard InChI is InChI=1S/C16H22N2S3Si2/c1-22(2,3)13-9-7-11(19-13)15-17-18-16(21-15)12-8-10-14(20-12)23(4,5)6/h7-10H,1-6H3. The van der Waals surface area contributed by atoms with Gasteiger partial charge < -0.3 is 0 Å². The molecule has 23 heavy (non-hydrogen) atoms. The predicted octanol–water partition coefficient (Wildman–Crippen LogP) is 5.09. The third kappa shape index (κ3) is 3.74. The summed E-state index contributed by atoms with van der Waals surface area (Å²) in [6.45, 7) is 14.3. The molecule has 0 atom stereocenters. The van der Waals surface area contributed by atoms with Gasteiger partial charge in [-0.05, 0) is 21.1 Å². The maximum Gasteiger partial charge on any atom is 0.158 e. The Balaban J connectivity index is 1.89. The van der Waals surface area contributed by atoms with Crippen LogP contribution in [0.15, 0.2) is 24.3 Å². The summed E-state index contributed by atoms with van der Waals surface area (Å²) in [5.74, 6) is 0. The molecule has 0 bridgehead atoms. The average Bonchev–Trinajstić information content (AvgIpc) is 3.17. The Morgan fingerprint density at radius 2 is 1.00 bits per heavy atom. The molecule has 0 N–H and O–H groups in total. The molecule has 0 fully saturated rings. The number of hydrogen-bond acceptors (Lipinski definition) is 5. The highest BCUT2D eigenvalue weighted by Crippen LogP contribution is 2.34. The molecule has 0 saturated carbocycles. The maximum atomic E-state index is 4.44. The van der Waals surface area contributed by atoms with Gasteiger partial charge in [0.2, 0.25) is 0 Å². The van der Waals surface area contributed by atoms with Gasteiger partial charge in [-0.15, -0.1) is 32.9 Å². The minimum absolute atomic E-state index is 1.05. The summed E-state index contributed by atoms with van der Waals surface area (Å²) in [4.78, 5) is 2.52. The van der Waals surface area contributed by atoms with Crippen LogP contribution in [0.2, 0.25) is 39.3 Å². The van der Waals surface area contributed by atoms with Crippen molar-refractivity contribution < 1.29 is 0 Å². The lowest BCUT2D eigenvalue weighted by Gasteiger charge is -2.12. The molecule has 0 aromatic carbocycles. The van der Waals surface area contributed by atoms with Crippen LogP contribution in [0, 0.1) is 0 Å². The summed E-state index contributed by atoms with van der Waals surface area (Å²) < 4.78 is 3.06. The first-order chi connectivity index (χ1) is 10.6. The molecule has 3 rings (SSSR count). The van der Waals surface area contributed by atoms with E-state index < -0.39 is 16.1 Å². The van der Waals surface area contributed by atoms with Crippen molar-refractivity contribution in [2.24, 2.45) is 0 Å². The lowest BCUT2D eigenvalue weighted by molar-refractivity contribution is 1.11. The normalized spacial score (nSPS) is 12.8. The van der Waals surface area contributed by atoms with Crippen LogP contribution >= 0.6 is 34.0 Å². The van der Waals surface area contributed by atoms with Gasteiger partial charge >= 0.3 is 0 Å². The van der Waals surface area contributed by atoms with Crippen LogP contribution in [0.25, 0.3) is 19.8 Å². The van der Waals surface area contributed by atoms with Crippen molar-refractivity contribution in [2.45, 2.75) is 39.3 Å². The Labute approximate surface area is 152 Å². The fourth-order valence-electron chi connectivity index (χ4n) is 2.13. The highest BCUT2D eigenvalue weighted by atomic mass is 32.1. The zero-order valence-electron chi connectivity index (χ0n) is 14.4. The van der Waals surface area contributed by atoms with Gasteiger partial charge in [-0.3, -0.25) is 0 Å². The summed E-state index contributed by atoms with van der Waals surface area (Å²) >= 11 is 5.50. The lowest BCUT2D eigenvalue weighted by Crippen LogP contribution is -2.34. The van der Waals surface area contributed by atoms with E-state index in [9.17, 15) is 0 Å². The molecule has 7 heteroatoms. The van der Waals surface area contributed by atoms with E-state index in [1.54, 1.807) is 11.3 Å². The molecule has 3 heterocycles. The SMILES string of the molecule is C[Si](C)(C)c1ccc(-c2nnc(-c3ccc([Si](C)(C)C)s3)s2)s1. The van der Waals surface area contributed by atoms with Gasteiger partial charge in [-0.25, -0.2) is 0 Å². The van der Waals surface area contributed by atoms with E-state index in [2.05, 4.69) is 73.7 Å². The third-order valence-corrected chi connectivity index (χ3v) is 14.2. The average molecular weight is 395 g/mol. The molecular weight excluding hydrogens is 373 g/mol. The number of thiophene rings is 2. The molecule has 0 unspecified atom stereocenters. The summed E-state index contributed by atoms with van der Waals surface area (Å²) in [5, 5.41) is 11.0. The monoisotopic (exact) mass is 394 g/mol. The Morgan fingerprint density at radius 1 is 0.609 bits per heavy atom. The molecule has 3 aromatic rings. The topological polar surface area (TPSA) is 25.8 Å². The van der Waals surface area contributed by atoms with Crippen LogP contribution in [0.3, 0.4) is 0 Å². The molecule has 2 nitrogen and oxygen atoms in total. The fourth-order valence-corrected chi connectivity index (χ4v) is 8.87. The molecular formula is C16H22N2S3Si2. The highest BCUT2D eigenvalue weighted by Gasteiger charge is 2.22. The summed E-state index contributed by atoms with van der Waals surface area (Å²) in [5.41, 5.74) is 0. The molecule has 0 radical (unpaired) electrons. The molecule has 0 amide bonds. The van der Waals surface area contributed by atoms with Crippen molar-refractivity contribution in [3.05, 3.63) is 24.3 Å². The van der Waals surface area contributed by atoms with E-state index >= 15 is 0 Å². The Hall–Kier alpha value is -0.606. The van der Waals surface area contributed by atoms with E-state index in [1.807, 2.05) is 22.7 Å². The van der Waals surface area contributed by atoms with Crippen LogP contribution in [0.1, 0.15) is 0 Å². The molecule has 0 saturated heterocycles. The summed E-state index contributed by atoms with van der Waals surface area (Å²) in [7, 11) is -2.48. The van der Waals surface area contributed by atoms with E-state index in [1.165, 1.54) is 18.8 Å². The largest absolute Gasteiger partial charge is 0.158 e. The zero-order valence-corrected chi connectivity index (χ0v) is 18.9. The first kappa shape index (κ1) is 17.2. The minimum Gasteiger partial charge on any atom is -0.142 e. The van der Waals surface area contributed by atoms with Gasteiger partial charge in [0.05, 0.1) is 25.9 Å². The predicted molar refractivity (Wildman–Crippen MR) is 112 cm³/mol. The van der Waals surface area contributed by atoms with Gasteiger partial charge in [0.15, 0.2) is 10.0 Å². The molecule has 0 aliphatic rings. The van der Waals surface area contributed by atoms with Crippen molar-refractivity contribution in [1.29, 1.82) is 0 Å². The van der Waals surface area contributed by atoms with E-state index in [4.69, 9.17) is 0 Å². The quantitative estimate of drug-likeness (QED) is 0.576. The fraction of sp³-hybridized carbons (Fsp3) is 0.375. The van der Waals surface area contributed by atoms with Crippen LogP contribution in [-0.4, -0.2) is 26.3 Å². The lowest BCUT2D eigenvalue weighted by atomic mass is 10.5. The van der Waals surface area contributed by atoms with Crippen molar-refractivity contribution in [2.75, 3.05) is 0 Å². The van der Waals surface area contributed by atoms with Gasteiger partial charge in [0, 0.05) is 0 Å². The Bertz CT molecular complexity index is 752. The summed E-state index contributed by atoms with van der Waals surface area (Å²) in [6.07, 6.45) is 0. The second kappa shape index (κ2) is 6.04. The highest BCUT2D eigenvalue weighted by molar-refractivity contribution is 7.33. The van der Waals surface area contributed by atoms with Crippen molar-refractivity contribution in [3.8, 4) is 19.8 Å². The smallest absolute Gasteiger partial charge is 0.142 e. The molecule has 0 aliphatic heterocycles. The van der Waals surface area contributed by atoms with Crippen molar-refractivity contribution >= 4 is 59.2 Å². The van der Waals surface area contributed by atoms with Gasteiger partial charge in [-0.2, -0.15) is 0 Å². The van der Waals surface area contributed by atoms with Crippen LogP contribution in [0.5, 0.6) is 0 Å². The number of rotatable bonds is 4. The van der Waals surface area contributed by atoms with Crippen molar-refractivity contribution in [1.82, 2.24) is 10.2 Å². The number of aromatic nitrogens is 2. The Kier molecular flexibility index (Phi) is 4.52. The maximum absolute atomic E-state index is 4.44. The number of hydrogen-bond donors (Lipinski definition) is 0. The van der Waals surface area contributed by atoms with Crippen molar-refractivity contribution in [3.63, 3.8) is 0 Å². The van der Waals surface area contributed by atoms with E-state index in [-0.39, 0.29) is 0 Å². The first-order valence-corrected chi connectivity index (χ1v) is 17.1. The molecule has 0 aliphatic carbocycles. The minimum atomic E-state index is -1.24. The van der Waals surface area contributed by atoms with Crippen LogP contribution in [0.4, 0.5) is 0 Å².